The molecule has 1 atom stereocenters. The van der Waals surface area contributed by atoms with Crippen molar-refractivity contribution in [1.29, 1.82) is 0 Å². The second-order valence-electron chi connectivity index (χ2n) is 6.56. The molecule has 0 aromatic carbocycles. The van der Waals surface area contributed by atoms with Crippen molar-refractivity contribution in [1.82, 2.24) is 9.80 Å². The average Bonchev–Trinajstić information content (AvgIpc) is 2.53. The van der Waals surface area contributed by atoms with Crippen LogP contribution in [0.25, 0.3) is 0 Å². The largest absolute Gasteiger partial charge is 0.375 e. The van der Waals surface area contributed by atoms with Gasteiger partial charge in [0.1, 0.15) is 13.2 Å². The van der Waals surface area contributed by atoms with E-state index >= 15 is 0 Å². The monoisotopic (exact) mass is 328 g/mol. The van der Waals surface area contributed by atoms with Gasteiger partial charge in [0.25, 0.3) is 0 Å². The van der Waals surface area contributed by atoms with Crippen LogP contribution in [0.5, 0.6) is 0 Å². The van der Waals surface area contributed by atoms with Crippen molar-refractivity contribution in [3.63, 3.8) is 0 Å². The summed E-state index contributed by atoms with van der Waals surface area (Å²) in [6.45, 7) is 2.27. The molecule has 2 heterocycles. The Morgan fingerprint density at radius 2 is 1.96 bits per heavy atom. The van der Waals surface area contributed by atoms with E-state index in [0.717, 1.165) is 25.7 Å². The molecule has 0 N–H and O–H groups in total. The van der Waals surface area contributed by atoms with Crippen molar-refractivity contribution in [2.45, 2.75) is 37.4 Å². The highest BCUT2D eigenvalue weighted by Crippen LogP contribution is 2.36. The fourth-order valence-electron chi connectivity index (χ4n) is 3.17. The molecule has 0 aliphatic carbocycles. The summed E-state index contributed by atoms with van der Waals surface area (Å²) in [5.74, 6) is 0.00747. The van der Waals surface area contributed by atoms with Gasteiger partial charge < -0.3 is 24.0 Å². The van der Waals surface area contributed by atoms with E-state index in [4.69, 9.17) is 14.2 Å². The fraction of sp³-hybridized carbons (Fsp3) is 0.875. The molecule has 2 aliphatic rings. The summed E-state index contributed by atoms with van der Waals surface area (Å²) in [7, 11) is 4.98. The lowest BCUT2D eigenvalue weighted by molar-refractivity contribution is -0.167. The van der Waals surface area contributed by atoms with E-state index in [1.807, 2.05) is 4.90 Å². The Bertz CT molecular complexity index is 419. The maximum atomic E-state index is 11.9. The fourth-order valence-corrected chi connectivity index (χ4v) is 3.17. The minimum atomic E-state index is -0.214. The van der Waals surface area contributed by atoms with Gasteiger partial charge in [-0.15, -0.1) is 0 Å². The highest BCUT2D eigenvalue weighted by atomic mass is 16.5. The van der Waals surface area contributed by atoms with E-state index in [1.54, 1.807) is 14.1 Å². The summed E-state index contributed by atoms with van der Waals surface area (Å²) in [5, 5.41) is 0. The van der Waals surface area contributed by atoms with Gasteiger partial charge in [0.2, 0.25) is 11.8 Å². The van der Waals surface area contributed by atoms with Crippen LogP contribution in [0.2, 0.25) is 0 Å². The molecule has 7 heteroatoms. The second kappa shape index (κ2) is 8.08. The van der Waals surface area contributed by atoms with Crippen molar-refractivity contribution in [3.8, 4) is 0 Å². The van der Waals surface area contributed by atoms with Gasteiger partial charge in [0, 0.05) is 47.3 Å². The number of ether oxygens (including phenoxy) is 3. The van der Waals surface area contributed by atoms with Gasteiger partial charge in [-0.1, -0.05) is 0 Å². The van der Waals surface area contributed by atoms with E-state index in [2.05, 4.69) is 0 Å². The summed E-state index contributed by atoms with van der Waals surface area (Å²) >= 11 is 0. The van der Waals surface area contributed by atoms with Crippen LogP contribution in [0.4, 0.5) is 0 Å². The van der Waals surface area contributed by atoms with E-state index < -0.39 is 0 Å². The summed E-state index contributed by atoms with van der Waals surface area (Å²) in [4.78, 5) is 26.9. The Morgan fingerprint density at radius 1 is 1.26 bits per heavy atom. The molecule has 2 saturated heterocycles. The number of hydrogen-bond donors (Lipinski definition) is 0. The number of methoxy groups -OCH3 is 1. The molecule has 0 aromatic heterocycles. The highest BCUT2D eigenvalue weighted by Gasteiger charge is 2.41. The van der Waals surface area contributed by atoms with Crippen LogP contribution in [0.15, 0.2) is 0 Å². The average molecular weight is 328 g/mol. The standard InChI is InChI=1S/C16H28N2O5/c1-17(2)14(19)12-22-13-4-9-23-16(10-13)5-7-18(8-6-16)15(20)11-21-3/h13H,4-12H2,1-3H3. The second-order valence-corrected chi connectivity index (χ2v) is 6.56. The molecule has 0 aromatic rings. The summed E-state index contributed by atoms with van der Waals surface area (Å²) in [6, 6.07) is 0. The van der Waals surface area contributed by atoms with Crippen molar-refractivity contribution in [2.24, 2.45) is 0 Å². The first kappa shape index (κ1) is 18.2. The molecule has 1 spiro atoms. The van der Waals surface area contributed by atoms with Gasteiger partial charge in [-0.3, -0.25) is 9.59 Å². The maximum Gasteiger partial charge on any atom is 0.248 e. The Labute approximate surface area is 137 Å². The minimum absolute atomic E-state index is 0.0227. The first-order valence-corrected chi connectivity index (χ1v) is 8.18. The number of likely N-dealkylation sites (tertiary alicyclic amines) is 1. The first-order chi connectivity index (χ1) is 11.0. The van der Waals surface area contributed by atoms with E-state index in [9.17, 15) is 9.59 Å². The van der Waals surface area contributed by atoms with Crippen LogP contribution in [0.3, 0.4) is 0 Å². The van der Waals surface area contributed by atoms with E-state index in [0.29, 0.717) is 19.7 Å². The zero-order valence-electron chi connectivity index (χ0n) is 14.4. The zero-order valence-corrected chi connectivity index (χ0v) is 14.4. The smallest absolute Gasteiger partial charge is 0.248 e. The Morgan fingerprint density at radius 3 is 2.57 bits per heavy atom. The number of carbonyl (C=O) groups is 2. The van der Waals surface area contributed by atoms with Crippen LogP contribution < -0.4 is 0 Å². The van der Waals surface area contributed by atoms with Crippen molar-refractivity contribution in [2.75, 3.05) is 54.1 Å². The topological polar surface area (TPSA) is 68.3 Å². The molecule has 132 valence electrons. The normalized spacial score (nSPS) is 23.8. The molecule has 0 radical (unpaired) electrons. The molecular formula is C16H28N2O5. The lowest BCUT2D eigenvalue weighted by Gasteiger charge is -2.46. The molecule has 0 bridgehead atoms. The van der Waals surface area contributed by atoms with Crippen LogP contribution in [-0.2, 0) is 23.8 Å². The highest BCUT2D eigenvalue weighted by molar-refractivity contribution is 5.77. The number of rotatable bonds is 5. The number of piperidine rings is 1. The molecule has 23 heavy (non-hydrogen) atoms. The van der Waals surface area contributed by atoms with Gasteiger partial charge in [-0.25, -0.2) is 0 Å². The predicted octanol–water partition coefficient (Wildman–Crippen LogP) is 0.278. The molecule has 2 rings (SSSR count). The molecule has 2 aliphatic heterocycles. The quantitative estimate of drug-likeness (QED) is 0.725. The number of carbonyl (C=O) groups excluding carboxylic acids is 2. The van der Waals surface area contributed by atoms with Gasteiger partial charge >= 0.3 is 0 Å². The third kappa shape index (κ3) is 4.89. The van der Waals surface area contributed by atoms with Crippen molar-refractivity contribution in [3.05, 3.63) is 0 Å². The van der Waals surface area contributed by atoms with Gasteiger partial charge in [0.15, 0.2) is 0 Å². The van der Waals surface area contributed by atoms with Crippen LogP contribution in [0, 0.1) is 0 Å². The molecule has 2 amide bonds. The van der Waals surface area contributed by atoms with Crippen LogP contribution in [0.1, 0.15) is 25.7 Å². The van der Waals surface area contributed by atoms with Crippen molar-refractivity contribution < 1.29 is 23.8 Å². The third-order valence-electron chi connectivity index (χ3n) is 4.68. The van der Waals surface area contributed by atoms with E-state index in [1.165, 1.54) is 12.0 Å². The van der Waals surface area contributed by atoms with E-state index in [-0.39, 0.29) is 36.7 Å². The molecular weight excluding hydrogens is 300 g/mol. The number of hydrogen-bond acceptors (Lipinski definition) is 5. The lowest BCUT2D eigenvalue weighted by atomic mass is 9.83. The summed E-state index contributed by atoms with van der Waals surface area (Å²) in [6.07, 6.45) is 3.27. The van der Waals surface area contributed by atoms with Crippen molar-refractivity contribution >= 4 is 11.8 Å². The summed E-state index contributed by atoms with van der Waals surface area (Å²) in [5.41, 5.74) is -0.214. The number of nitrogens with zero attached hydrogens (tertiary/aromatic N) is 2. The Hall–Kier alpha value is -1.18. The van der Waals surface area contributed by atoms with Gasteiger partial charge in [-0.2, -0.15) is 0 Å². The molecule has 1 unspecified atom stereocenters. The van der Waals surface area contributed by atoms with Gasteiger partial charge in [0.05, 0.1) is 11.7 Å². The molecule has 2 fully saturated rings. The first-order valence-electron chi connectivity index (χ1n) is 8.18. The SMILES string of the molecule is COCC(=O)N1CCC2(CC1)CC(OCC(=O)N(C)C)CCO2. The molecule has 7 nitrogen and oxygen atoms in total. The van der Waals surface area contributed by atoms with Gasteiger partial charge in [-0.05, 0) is 19.3 Å². The Balaban J connectivity index is 1.82. The number of amides is 2. The van der Waals surface area contributed by atoms with Crippen LogP contribution >= 0.6 is 0 Å². The summed E-state index contributed by atoms with van der Waals surface area (Å²) < 4.78 is 16.7. The van der Waals surface area contributed by atoms with Crippen LogP contribution in [-0.4, -0.2) is 87.4 Å². The molecule has 0 saturated carbocycles. The minimum Gasteiger partial charge on any atom is -0.375 e. The third-order valence-corrected chi connectivity index (χ3v) is 4.68. The predicted molar refractivity (Wildman–Crippen MR) is 84.0 cm³/mol. The zero-order chi connectivity index (χ0) is 16.9. The lowest BCUT2D eigenvalue weighted by Crippen LogP contribution is -2.52. The maximum absolute atomic E-state index is 11.9. The Kier molecular flexibility index (Phi) is 6.38. The number of likely N-dealkylation sites (N-methyl/N-ethyl adjacent to an activating group) is 1.